The number of sulfonamides is 1. The van der Waals surface area contributed by atoms with Crippen molar-refractivity contribution >= 4 is 10.0 Å². The zero-order chi connectivity index (χ0) is 15.5. The summed E-state index contributed by atoms with van der Waals surface area (Å²) in [6.07, 6.45) is 2.19. The van der Waals surface area contributed by atoms with Crippen molar-refractivity contribution in [1.82, 2.24) is 10.0 Å². The molecule has 0 amide bonds. The topological polar surface area (TPSA) is 67.4 Å². The fourth-order valence-corrected chi connectivity index (χ4v) is 3.29. The summed E-state index contributed by atoms with van der Waals surface area (Å²) < 4.78 is 45.6. The van der Waals surface area contributed by atoms with Crippen LogP contribution in [0.15, 0.2) is 23.1 Å². The van der Waals surface area contributed by atoms with Gasteiger partial charge in [0.15, 0.2) is 0 Å². The summed E-state index contributed by atoms with van der Waals surface area (Å²) in [6.45, 7) is 2.32. The van der Waals surface area contributed by atoms with E-state index in [2.05, 4.69) is 10.0 Å². The first-order chi connectivity index (χ1) is 9.92. The molecule has 5 nitrogen and oxygen atoms in total. The summed E-state index contributed by atoms with van der Waals surface area (Å²) in [6, 6.07) is 3.94. The van der Waals surface area contributed by atoms with Gasteiger partial charge in [0.1, 0.15) is 5.82 Å². The SMILES string of the molecule is COCC(C)NS(=O)(=O)c1ccc(F)c(CNC2CC2)c1. The van der Waals surface area contributed by atoms with E-state index in [9.17, 15) is 12.8 Å². The molecule has 1 aromatic rings. The van der Waals surface area contributed by atoms with Crippen LogP contribution in [-0.2, 0) is 21.3 Å². The normalized spacial score (nSPS) is 16.9. The second-order valence-corrected chi connectivity index (χ2v) is 7.10. The largest absolute Gasteiger partial charge is 0.383 e. The van der Waals surface area contributed by atoms with Crippen molar-refractivity contribution in [3.63, 3.8) is 0 Å². The molecule has 0 spiro atoms. The van der Waals surface area contributed by atoms with Crippen molar-refractivity contribution in [2.45, 2.75) is 43.3 Å². The maximum atomic E-state index is 13.7. The van der Waals surface area contributed by atoms with Crippen LogP contribution in [0.25, 0.3) is 0 Å². The van der Waals surface area contributed by atoms with E-state index in [4.69, 9.17) is 4.74 Å². The number of nitrogens with one attached hydrogen (secondary N) is 2. The highest BCUT2D eigenvalue weighted by molar-refractivity contribution is 7.89. The lowest BCUT2D eigenvalue weighted by Gasteiger charge is -2.14. The van der Waals surface area contributed by atoms with Crippen molar-refractivity contribution in [2.75, 3.05) is 13.7 Å². The van der Waals surface area contributed by atoms with Gasteiger partial charge in [0.2, 0.25) is 10.0 Å². The molecule has 0 aliphatic heterocycles. The summed E-state index contributed by atoms with van der Waals surface area (Å²) in [5.41, 5.74) is 0.365. The molecule has 1 atom stereocenters. The van der Waals surface area contributed by atoms with E-state index < -0.39 is 15.8 Å². The summed E-state index contributed by atoms with van der Waals surface area (Å²) in [7, 11) is -2.16. The van der Waals surface area contributed by atoms with Crippen molar-refractivity contribution in [3.05, 3.63) is 29.6 Å². The number of hydrogen-bond donors (Lipinski definition) is 2. The molecule has 0 heterocycles. The van der Waals surface area contributed by atoms with Gasteiger partial charge in [0, 0.05) is 31.3 Å². The lowest BCUT2D eigenvalue weighted by Crippen LogP contribution is -2.35. The number of hydrogen-bond acceptors (Lipinski definition) is 4. The van der Waals surface area contributed by atoms with Gasteiger partial charge in [0.05, 0.1) is 11.5 Å². The van der Waals surface area contributed by atoms with Crippen molar-refractivity contribution in [3.8, 4) is 0 Å². The Morgan fingerprint density at radius 2 is 2.14 bits per heavy atom. The van der Waals surface area contributed by atoms with Gasteiger partial charge in [-0.2, -0.15) is 0 Å². The number of ether oxygens (including phenoxy) is 1. The first kappa shape index (κ1) is 16.4. The van der Waals surface area contributed by atoms with E-state index in [0.717, 1.165) is 12.8 Å². The molecule has 118 valence electrons. The summed E-state index contributed by atoms with van der Waals surface area (Å²) in [5.74, 6) is -0.396. The van der Waals surface area contributed by atoms with E-state index in [1.54, 1.807) is 6.92 Å². The van der Waals surface area contributed by atoms with Crippen molar-refractivity contribution in [1.29, 1.82) is 0 Å². The average Bonchev–Trinajstić information content (AvgIpc) is 3.21. The molecule has 1 saturated carbocycles. The van der Waals surface area contributed by atoms with E-state index in [1.165, 1.54) is 25.3 Å². The summed E-state index contributed by atoms with van der Waals surface area (Å²) >= 11 is 0. The first-order valence-corrected chi connectivity index (χ1v) is 8.44. The zero-order valence-corrected chi connectivity index (χ0v) is 13.0. The molecule has 0 radical (unpaired) electrons. The van der Waals surface area contributed by atoms with Crippen LogP contribution in [0.4, 0.5) is 4.39 Å². The van der Waals surface area contributed by atoms with Gasteiger partial charge >= 0.3 is 0 Å². The molecule has 0 saturated heterocycles. The average molecular weight is 316 g/mol. The predicted octanol–water partition coefficient (Wildman–Crippen LogP) is 1.39. The summed E-state index contributed by atoms with van der Waals surface area (Å²) in [5, 5.41) is 3.18. The molecule has 2 N–H and O–H groups in total. The second-order valence-electron chi connectivity index (χ2n) is 5.39. The fraction of sp³-hybridized carbons (Fsp3) is 0.571. The Morgan fingerprint density at radius 1 is 1.43 bits per heavy atom. The third kappa shape index (κ3) is 4.74. The van der Waals surface area contributed by atoms with Gasteiger partial charge in [-0.1, -0.05) is 0 Å². The number of benzene rings is 1. The molecule has 0 aromatic heterocycles. The molecule has 1 fully saturated rings. The summed E-state index contributed by atoms with van der Waals surface area (Å²) in [4.78, 5) is 0.0689. The van der Waals surface area contributed by atoms with E-state index >= 15 is 0 Å². The molecular weight excluding hydrogens is 295 g/mol. The Morgan fingerprint density at radius 3 is 2.76 bits per heavy atom. The van der Waals surface area contributed by atoms with Crippen LogP contribution in [-0.4, -0.2) is 34.2 Å². The molecule has 1 unspecified atom stereocenters. The molecule has 1 aliphatic rings. The minimum Gasteiger partial charge on any atom is -0.383 e. The minimum absolute atomic E-state index is 0.0689. The van der Waals surface area contributed by atoms with Crippen LogP contribution in [0.1, 0.15) is 25.3 Å². The molecule has 7 heteroatoms. The maximum absolute atomic E-state index is 13.7. The Kier molecular flexibility index (Phi) is 5.32. The van der Waals surface area contributed by atoms with Gasteiger partial charge in [-0.3, -0.25) is 0 Å². The van der Waals surface area contributed by atoms with Crippen molar-refractivity contribution < 1.29 is 17.5 Å². The Labute approximate surface area is 124 Å². The number of halogens is 1. The second kappa shape index (κ2) is 6.83. The highest BCUT2D eigenvalue weighted by atomic mass is 32.2. The molecule has 0 bridgehead atoms. The first-order valence-electron chi connectivity index (χ1n) is 6.95. The van der Waals surface area contributed by atoms with Crippen LogP contribution in [0.5, 0.6) is 0 Å². The highest BCUT2D eigenvalue weighted by Crippen LogP contribution is 2.21. The van der Waals surface area contributed by atoms with Gasteiger partial charge in [-0.25, -0.2) is 17.5 Å². The third-order valence-electron chi connectivity index (χ3n) is 3.26. The zero-order valence-electron chi connectivity index (χ0n) is 12.2. The number of rotatable bonds is 8. The molecule has 1 aliphatic carbocycles. The Hall–Kier alpha value is -1.02. The maximum Gasteiger partial charge on any atom is 0.240 e. The minimum atomic E-state index is -3.67. The van der Waals surface area contributed by atoms with Crippen LogP contribution >= 0.6 is 0 Å². The van der Waals surface area contributed by atoms with Crippen LogP contribution in [0, 0.1) is 5.82 Å². The van der Waals surface area contributed by atoms with Gasteiger partial charge in [-0.15, -0.1) is 0 Å². The van der Waals surface area contributed by atoms with Crippen LogP contribution < -0.4 is 10.0 Å². The fourth-order valence-electron chi connectivity index (χ4n) is 2.01. The van der Waals surface area contributed by atoms with Crippen molar-refractivity contribution in [2.24, 2.45) is 0 Å². The lowest BCUT2D eigenvalue weighted by molar-refractivity contribution is 0.180. The third-order valence-corrected chi connectivity index (χ3v) is 4.85. The van der Waals surface area contributed by atoms with Gasteiger partial charge in [-0.05, 0) is 38.0 Å². The van der Waals surface area contributed by atoms with Crippen LogP contribution in [0.3, 0.4) is 0 Å². The quantitative estimate of drug-likeness (QED) is 0.760. The van der Waals surface area contributed by atoms with Gasteiger partial charge in [0.25, 0.3) is 0 Å². The molecular formula is C14H21FN2O3S. The predicted molar refractivity (Wildman–Crippen MR) is 77.9 cm³/mol. The molecule has 1 aromatic carbocycles. The smallest absolute Gasteiger partial charge is 0.240 e. The lowest BCUT2D eigenvalue weighted by atomic mass is 10.2. The highest BCUT2D eigenvalue weighted by Gasteiger charge is 2.22. The standard InChI is InChI=1S/C14H21FN2O3S/c1-10(9-20-2)17-21(18,19)13-5-6-14(15)11(7-13)8-16-12-3-4-12/h5-7,10,12,16-17H,3-4,8-9H2,1-2H3. The van der Waals surface area contributed by atoms with E-state index in [1.807, 2.05) is 0 Å². The van der Waals surface area contributed by atoms with Crippen LogP contribution in [0.2, 0.25) is 0 Å². The van der Waals surface area contributed by atoms with Gasteiger partial charge < -0.3 is 10.1 Å². The Bertz CT molecular complexity index is 588. The monoisotopic (exact) mass is 316 g/mol. The van der Waals surface area contributed by atoms with E-state index in [0.29, 0.717) is 18.2 Å². The molecule has 21 heavy (non-hydrogen) atoms. The number of methoxy groups -OCH3 is 1. The Balaban J connectivity index is 2.12. The van der Waals surface area contributed by atoms with E-state index in [-0.39, 0.29) is 17.5 Å². The molecule has 2 rings (SSSR count).